The van der Waals surface area contributed by atoms with Gasteiger partial charge in [-0.15, -0.1) is 0 Å². The summed E-state index contributed by atoms with van der Waals surface area (Å²) in [4.78, 5) is 12.0. The second-order valence-corrected chi connectivity index (χ2v) is 5.53. The van der Waals surface area contributed by atoms with Gasteiger partial charge >= 0.3 is 0 Å². The molecule has 0 atom stereocenters. The van der Waals surface area contributed by atoms with Crippen molar-refractivity contribution in [1.82, 2.24) is 5.32 Å². The van der Waals surface area contributed by atoms with Crippen LogP contribution < -0.4 is 10.1 Å². The van der Waals surface area contributed by atoms with Gasteiger partial charge in [0.25, 0.3) is 5.91 Å². The van der Waals surface area contributed by atoms with Gasteiger partial charge in [-0.3, -0.25) is 4.79 Å². The van der Waals surface area contributed by atoms with Crippen molar-refractivity contribution in [3.8, 4) is 5.75 Å². The molecule has 0 spiro atoms. The fourth-order valence-corrected chi connectivity index (χ4v) is 2.54. The molecule has 0 saturated carbocycles. The third-order valence-electron chi connectivity index (χ3n) is 3.68. The molecule has 3 rings (SSSR count). The van der Waals surface area contributed by atoms with Gasteiger partial charge < -0.3 is 10.1 Å². The van der Waals surface area contributed by atoms with E-state index in [4.69, 9.17) is 4.74 Å². The summed E-state index contributed by atoms with van der Waals surface area (Å²) >= 11 is 0. The molecular formula is C20H19NO2. The second-order valence-electron chi connectivity index (χ2n) is 5.53. The molecule has 0 aliphatic heterocycles. The zero-order chi connectivity index (χ0) is 16.1. The van der Waals surface area contributed by atoms with E-state index in [1.807, 2.05) is 67.6 Å². The Balaban J connectivity index is 1.58. The van der Waals surface area contributed by atoms with Crippen LogP contribution in [0.5, 0.6) is 5.75 Å². The van der Waals surface area contributed by atoms with Crippen LogP contribution in [0.1, 0.15) is 11.1 Å². The molecular weight excluding hydrogens is 286 g/mol. The monoisotopic (exact) mass is 305 g/mol. The minimum Gasteiger partial charge on any atom is -0.483 e. The summed E-state index contributed by atoms with van der Waals surface area (Å²) < 4.78 is 5.68. The Morgan fingerprint density at radius 2 is 1.78 bits per heavy atom. The smallest absolute Gasteiger partial charge is 0.258 e. The maximum Gasteiger partial charge on any atom is 0.258 e. The summed E-state index contributed by atoms with van der Waals surface area (Å²) in [7, 11) is 0. The average Bonchev–Trinajstić information content (AvgIpc) is 2.58. The molecule has 23 heavy (non-hydrogen) atoms. The minimum atomic E-state index is -0.126. The van der Waals surface area contributed by atoms with Crippen molar-refractivity contribution in [2.75, 3.05) is 6.61 Å². The summed E-state index contributed by atoms with van der Waals surface area (Å²) in [6.45, 7) is 2.56. The van der Waals surface area contributed by atoms with E-state index in [9.17, 15) is 4.79 Å². The van der Waals surface area contributed by atoms with E-state index in [1.165, 1.54) is 5.56 Å². The maximum atomic E-state index is 12.0. The Morgan fingerprint density at radius 1 is 1.00 bits per heavy atom. The Morgan fingerprint density at radius 3 is 2.65 bits per heavy atom. The van der Waals surface area contributed by atoms with Crippen LogP contribution in [0.15, 0.2) is 66.7 Å². The van der Waals surface area contributed by atoms with Crippen molar-refractivity contribution in [2.45, 2.75) is 13.5 Å². The van der Waals surface area contributed by atoms with Crippen molar-refractivity contribution >= 4 is 16.7 Å². The summed E-state index contributed by atoms with van der Waals surface area (Å²) in [6.07, 6.45) is 0. The van der Waals surface area contributed by atoms with Gasteiger partial charge in [0.2, 0.25) is 0 Å². The lowest BCUT2D eigenvalue weighted by Gasteiger charge is -2.10. The number of fused-ring (bicyclic) bond motifs is 1. The number of rotatable bonds is 5. The lowest BCUT2D eigenvalue weighted by molar-refractivity contribution is -0.123. The molecule has 116 valence electrons. The van der Waals surface area contributed by atoms with E-state index in [0.29, 0.717) is 6.54 Å². The lowest BCUT2D eigenvalue weighted by atomic mass is 10.1. The summed E-state index contributed by atoms with van der Waals surface area (Å²) in [5, 5.41) is 5.00. The standard InChI is InChI=1S/C20H19NO2/c1-15-6-4-7-16(12-15)13-21-20(22)14-23-19-11-5-9-17-8-2-3-10-18(17)19/h2-12H,13-14H2,1H3,(H,21,22). The maximum absolute atomic E-state index is 12.0. The van der Waals surface area contributed by atoms with Crippen LogP contribution >= 0.6 is 0 Å². The van der Waals surface area contributed by atoms with Crippen LogP contribution in [-0.2, 0) is 11.3 Å². The molecule has 1 amide bonds. The summed E-state index contributed by atoms with van der Waals surface area (Å²) in [5.41, 5.74) is 2.27. The highest BCUT2D eigenvalue weighted by molar-refractivity contribution is 5.88. The third kappa shape index (κ3) is 3.89. The van der Waals surface area contributed by atoms with Crippen molar-refractivity contribution in [3.63, 3.8) is 0 Å². The van der Waals surface area contributed by atoms with Crippen molar-refractivity contribution in [2.24, 2.45) is 0 Å². The first-order valence-electron chi connectivity index (χ1n) is 7.65. The zero-order valence-electron chi connectivity index (χ0n) is 13.1. The van der Waals surface area contributed by atoms with Gasteiger partial charge in [0, 0.05) is 11.9 Å². The van der Waals surface area contributed by atoms with Crippen LogP contribution in [0.25, 0.3) is 10.8 Å². The predicted molar refractivity (Wildman–Crippen MR) is 92.5 cm³/mol. The van der Waals surface area contributed by atoms with Crippen LogP contribution in [0.3, 0.4) is 0 Å². The average molecular weight is 305 g/mol. The van der Waals surface area contributed by atoms with Crippen molar-refractivity contribution < 1.29 is 9.53 Å². The van der Waals surface area contributed by atoms with Gasteiger partial charge in [-0.2, -0.15) is 0 Å². The van der Waals surface area contributed by atoms with Crippen molar-refractivity contribution in [1.29, 1.82) is 0 Å². The molecule has 0 heterocycles. The SMILES string of the molecule is Cc1cccc(CNC(=O)COc2cccc3ccccc23)c1. The van der Waals surface area contributed by atoms with Gasteiger partial charge in [-0.25, -0.2) is 0 Å². The van der Waals surface area contributed by atoms with Gasteiger partial charge in [-0.05, 0) is 23.9 Å². The summed E-state index contributed by atoms with van der Waals surface area (Å²) in [5.74, 6) is 0.605. The number of hydrogen-bond donors (Lipinski definition) is 1. The first kappa shape index (κ1) is 15.1. The molecule has 3 heteroatoms. The van der Waals surface area contributed by atoms with E-state index >= 15 is 0 Å². The quantitative estimate of drug-likeness (QED) is 0.777. The van der Waals surface area contributed by atoms with Crippen LogP contribution in [0, 0.1) is 6.92 Å². The first-order valence-corrected chi connectivity index (χ1v) is 7.65. The van der Waals surface area contributed by atoms with Gasteiger partial charge in [0.15, 0.2) is 6.61 Å². The molecule has 3 aromatic carbocycles. The molecule has 0 radical (unpaired) electrons. The fraction of sp³-hybridized carbons (Fsp3) is 0.150. The van der Waals surface area contributed by atoms with Crippen molar-refractivity contribution in [3.05, 3.63) is 77.9 Å². The first-order chi connectivity index (χ1) is 11.2. The molecule has 3 aromatic rings. The molecule has 0 bridgehead atoms. The van der Waals surface area contributed by atoms with E-state index in [2.05, 4.69) is 11.4 Å². The Kier molecular flexibility index (Phi) is 4.57. The second kappa shape index (κ2) is 6.97. The van der Waals surface area contributed by atoms with Crippen LogP contribution in [0.2, 0.25) is 0 Å². The molecule has 0 aliphatic carbocycles. The molecule has 0 saturated heterocycles. The number of nitrogens with one attached hydrogen (secondary N) is 1. The third-order valence-corrected chi connectivity index (χ3v) is 3.68. The number of hydrogen-bond acceptors (Lipinski definition) is 2. The fourth-order valence-electron chi connectivity index (χ4n) is 2.54. The normalized spacial score (nSPS) is 10.5. The van der Waals surface area contributed by atoms with E-state index in [0.717, 1.165) is 22.1 Å². The largest absolute Gasteiger partial charge is 0.483 e. The molecule has 0 aliphatic rings. The Bertz CT molecular complexity index is 821. The molecule has 3 nitrogen and oxygen atoms in total. The number of carbonyl (C=O) groups excluding carboxylic acids is 1. The van der Waals surface area contributed by atoms with Gasteiger partial charge in [0.05, 0.1) is 0 Å². The van der Waals surface area contributed by atoms with E-state index in [1.54, 1.807) is 0 Å². The van der Waals surface area contributed by atoms with Crippen LogP contribution in [0.4, 0.5) is 0 Å². The van der Waals surface area contributed by atoms with Gasteiger partial charge in [-0.1, -0.05) is 66.2 Å². The highest BCUT2D eigenvalue weighted by Gasteiger charge is 2.05. The van der Waals surface area contributed by atoms with E-state index < -0.39 is 0 Å². The highest BCUT2D eigenvalue weighted by Crippen LogP contribution is 2.24. The molecule has 0 fully saturated rings. The molecule has 1 N–H and O–H groups in total. The van der Waals surface area contributed by atoms with E-state index in [-0.39, 0.29) is 12.5 Å². The predicted octanol–water partition coefficient (Wildman–Crippen LogP) is 3.84. The number of ether oxygens (including phenoxy) is 1. The zero-order valence-corrected chi connectivity index (χ0v) is 13.1. The number of benzene rings is 3. The number of carbonyl (C=O) groups is 1. The summed E-state index contributed by atoms with van der Waals surface area (Å²) in [6, 6.07) is 21.9. The molecule has 0 aromatic heterocycles. The van der Waals surface area contributed by atoms with Crippen LogP contribution in [-0.4, -0.2) is 12.5 Å². The minimum absolute atomic E-state index is 0.0137. The Labute approximate surface area is 135 Å². The highest BCUT2D eigenvalue weighted by atomic mass is 16.5. The number of amides is 1. The topological polar surface area (TPSA) is 38.3 Å². The number of aryl methyl sites for hydroxylation is 1. The van der Waals surface area contributed by atoms with Gasteiger partial charge in [0.1, 0.15) is 5.75 Å². The molecule has 0 unspecified atom stereocenters. The Hall–Kier alpha value is -2.81. The lowest BCUT2D eigenvalue weighted by Crippen LogP contribution is -2.28.